The molecule has 0 radical (unpaired) electrons. The number of aliphatic hydroxyl groups is 1. The molecule has 3 aromatic heterocycles. The van der Waals surface area contributed by atoms with E-state index in [4.69, 9.17) is 5.10 Å². The fourth-order valence-corrected chi connectivity index (χ4v) is 6.89. The highest BCUT2D eigenvalue weighted by Gasteiger charge is 2.34. The van der Waals surface area contributed by atoms with Gasteiger partial charge in [0.15, 0.2) is 0 Å². The number of rotatable bonds is 5. The average Bonchev–Trinajstić information content (AvgIpc) is 3.59. The van der Waals surface area contributed by atoms with Crippen molar-refractivity contribution in [1.29, 1.82) is 0 Å². The van der Waals surface area contributed by atoms with Gasteiger partial charge in [0.25, 0.3) is 11.5 Å². The van der Waals surface area contributed by atoms with Crippen LogP contribution in [0.3, 0.4) is 0 Å². The molecule has 2 aliphatic rings. The highest BCUT2D eigenvalue weighted by molar-refractivity contribution is 7.14. The SMILES string of the molecule is CN1CCn2nc(Cc3cc(-c4cccc(N5Cc6cc(C(C)(C)C)sc6C5=O)c4CO)cn(C)c3=O)cc2C1. The Morgan fingerprint density at radius 1 is 1.05 bits per heavy atom. The second-order valence-corrected chi connectivity index (χ2v) is 13.1. The summed E-state index contributed by atoms with van der Waals surface area (Å²) in [6.07, 6.45) is 2.23. The van der Waals surface area contributed by atoms with E-state index < -0.39 is 0 Å². The average molecular weight is 558 g/mol. The molecule has 0 aliphatic carbocycles. The van der Waals surface area contributed by atoms with Crippen molar-refractivity contribution in [3.63, 3.8) is 0 Å². The van der Waals surface area contributed by atoms with Crippen LogP contribution in [-0.2, 0) is 45.1 Å². The number of carbonyl (C=O) groups is 1. The molecule has 4 aromatic rings. The number of fused-ring (bicyclic) bond motifs is 2. The fraction of sp³-hybridized carbons (Fsp3) is 0.387. The van der Waals surface area contributed by atoms with Crippen LogP contribution >= 0.6 is 11.3 Å². The maximum Gasteiger partial charge on any atom is 0.269 e. The zero-order valence-corrected chi connectivity index (χ0v) is 24.5. The van der Waals surface area contributed by atoms with Crippen LogP contribution in [0, 0.1) is 0 Å². The number of aryl methyl sites for hydroxylation is 1. The number of thiophene rings is 1. The first kappa shape index (κ1) is 26.7. The van der Waals surface area contributed by atoms with E-state index in [9.17, 15) is 14.7 Å². The summed E-state index contributed by atoms with van der Waals surface area (Å²) in [6.45, 7) is 9.37. The molecular formula is C31H35N5O3S. The van der Waals surface area contributed by atoms with Crippen molar-refractivity contribution in [3.8, 4) is 11.1 Å². The molecule has 1 N–H and O–H groups in total. The standard InChI is InChI=1S/C31H35N5O3S/c1-31(2,3)27-13-21-16-35(30(39)28(21)40-27)26-8-6-7-24(25(26)18-37)20-11-19(29(38)34(5)15-20)12-22-14-23-17-33(4)9-10-36(23)32-22/h6-8,11,13-15,37H,9-10,12,16-18H2,1-5H3. The molecular weight excluding hydrogens is 522 g/mol. The molecule has 5 heterocycles. The molecule has 40 heavy (non-hydrogen) atoms. The Labute approximate surface area is 238 Å². The summed E-state index contributed by atoms with van der Waals surface area (Å²) in [5.41, 5.74) is 6.64. The number of hydrogen-bond donors (Lipinski definition) is 1. The van der Waals surface area contributed by atoms with Crippen LogP contribution in [-0.4, -0.2) is 43.9 Å². The predicted octanol–water partition coefficient (Wildman–Crippen LogP) is 4.30. The Morgan fingerprint density at radius 2 is 1.85 bits per heavy atom. The van der Waals surface area contributed by atoms with Crippen molar-refractivity contribution in [3.05, 3.63) is 90.8 Å². The molecule has 0 unspecified atom stereocenters. The minimum absolute atomic E-state index is 0.0104. The molecule has 0 saturated heterocycles. The Bertz CT molecular complexity index is 1690. The van der Waals surface area contributed by atoms with Crippen molar-refractivity contribution >= 4 is 22.9 Å². The van der Waals surface area contributed by atoms with Crippen molar-refractivity contribution in [2.75, 3.05) is 18.5 Å². The zero-order valence-electron chi connectivity index (χ0n) is 23.7. The molecule has 1 aromatic carbocycles. The lowest BCUT2D eigenvalue weighted by Gasteiger charge is -2.22. The van der Waals surface area contributed by atoms with E-state index in [0.717, 1.165) is 52.6 Å². The van der Waals surface area contributed by atoms with Gasteiger partial charge in [0.05, 0.1) is 41.6 Å². The number of nitrogens with zero attached hydrogens (tertiary/aromatic N) is 5. The number of likely N-dealkylation sites (N-methyl/N-ethyl adjacent to an activating group) is 1. The Hall–Kier alpha value is -3.53. The van der Waals surface area contributed by atoms with Crippen LogP contribution in [0.25, 0.3) is 11.1 Å². The van der Waals surface area contributed by atoms with Gasteiger partial charge in [0.2, 0.25) is 0 Å². The number of anilines is 1. The van der Waals surface area contributed by atoms with Crippen LogP contribution in [0.15, 0.2) is 47.4 Å². The third-order valence-corrected chi connectivity index (χ3v) is 9.49. The van der Waals surface area contributed by atoms with Gasteiger partial charge in [0.1, 0.15) is 0 Å². The third-order valence-electron chi connectivity index (χ3n) is 7.90. The van der Waals surface area contributed by atoms with Crippen molar-refractivity contribution in [1.82, 2.24) is 19.2 Å². The van der Waals surface area contributed by atoms with Gasteiger partial charge >= 0.3 is 0 Å². The number of pyridine rings is 1. The lowest BCUT2D eigenvalue weighted by molar-refractivity contribution is 0.0999. The number of hydrogen-bond acceptors (Lipinski definition) is 6. The Kier molecular flexibility index (Phi) is 6.56. The summed E-state index contributed by atoms with van der Waals surface area (Å²) in [5.74, 6) is -0.0297. The molecule has 2 aliphatic heterocycles. The van der Waals surface area contributed by atoms with Gasteiger partial charge in [-0.15, -0.1) is 11.3 Å². The van der Waals surface area contributed by atoms with Gasteiger partial charge in [-0.3, -0.25) is 19.2 Å². The van der Waals surface area contributed by atoms with Gasteiger partial charge in [-0.2, -0.15) is 5.10 Å². The van der Waals surface area contributed by atoms with E-state index in [1.165, 1.54) is 4.88 Å². The molecule has 208 valence electrons. The second-order valence-electron chi connectivity index (χ2n) is 12.0. The first-order chi connectivity index (χ1) is 19.0. The van der Waals surface area contributed by atoms with Crippen LogP contribution in [0.4, 0.5) is 5.69 Å². The lowest BCUT2D eigenvalue weighted by atomic mass is 9.94. The molecule has 6 rings (SSSR count). The summed E-state index contributed by atoms with van der Waals surface area (Å²) >= 11 is 1.56. The number of aliphatic hydroxyl groups excluding tert-OH is 1. The summed E-state index contributed by atoms with van der Waals surface area (Å²) in [6, 6.07) is 11.9. The van der Waals surface area contributed by atoms with Crippen LogP contribution in [0.2, 0.25) is 0 Å². The van der Waals surface area contributed by atoms with Crippen LogP contribution < -0.4 is 10.5 Å². The molecule has 9 heteroatoms. The van der Waals surface area contributed by atoms with Crippen molar-refractivity contribution in [2.45, 2.75) is 58.8 Å². The molecule has 1 amide bonds. The quantitative estimate of drug-likeness (QED) is 0.396. The maximum absolute atomic E-state index is 13.5. The summed E-state index contributed by atoms with van der Waals surface area (Å²) in [5, 5.41) is 15.3. The third kappa shape index (κ3) is 4.62. The normalized spacial score (nSPS) is 15.6. The monoisotopic (exact) mass is 557 g/mol. The van der Waals surface area contributed by atoms with E-state index in [0.29, 0.717) is 29.8 Å². The van der Waals surface area contributed by atoms with Crippen LogP contribution in [0.5, 0.6) is 0 Å². The Morgan fingerprint density at radius 3 is 2.58 bits per heavy atom. The van der Waals surface area contributed by atoms with Gasteiger partial charge in [-0.1, -0.05) is 32.9 Å². The molecule has 0 saturated carbocycles. The van der Waals surface area contributed by atoms with Crippen molar-refractivity contribution < 1.29 is 9.90 Å². The molecule has 0 fully saturated rings. The first-order valence-corrected chi connectivity index (χ1v) is 14.5. The molecule has 0 atom stereocenters. The number of amides is 1. The summed E-state index contributed by atoms with van der Waals surface area (Å²) in [4.78, 5) is 32.6. The molecule has 0 spiro atoms. The largest absolute Gasteiger partial charge is 0.392 e. The number of aromatic nitrogens is 3. The summed E-state index contributed by atoms with van der Waals surface area (Å²) < 4.78 is 3.63. The highest BCUT2D eigenvalue weighted by atomic mass is 32.1. The van der Waals surface area contributed by atoms with Gasteiger partial charge in [-0.05, 0) is 53.4 Å². The summed E-state index contributed by atoms with van der Waals surface area (Å²) in [7, 11) is 3.85. The molecule has 0 bridgehead atoms. The van der Waals surface area contributed by atoms with Crippen LogP contribution in [0.1, 0.15) is 63.4 Å². The number of benzene rings is 1. The number of carbonyl (C=O) groups excluding carboxylic acids is 1. The van der Waals surface area contributed by atoms with E-state index >= 15 is 0 Å². The van der Waals surface area contributed by atoms with E-state index in [1.807, 2.05) is 28.9 Å². The lowest BCUT2D eigenvalue weighted by Crippen LogP contribution is -2.30. The first-order valence-electron chi connectivity index (χ1n) is 13.7. The zero-order chi connectivity index (χ0) is 28.3. The predicted molar refractivity (Wildman–Crippen MR) is 158 cm³/mol. The minimum Gasteiger partial charge on any atom is -0.392 e. The van der Waals surface area contributed by atoms with E-state index in [1.54, 1.807) is 34.0 Å². The topological polar surface area (TPSA) is 83.6 Å². The van der Waals surface area contributed by atoms with Crippen molar-refractivity contribution in [2.24, 2.45) is 7.05 Å². The highest BCUT2D eigenvalue weighted by Crippen LogP contribution is 2.41. The fourth-order valence-electron chi connectivity index (χ4n) is 5.71. The Balaban J connectivity index is 1.35. The van der Waals surface area contributed by atoms with E-state index in [2.05, 4.69) is 44.9 Å². The maximum atomic E-state index is 13.5. The second kappa shape index (κ2) is 9.83. The molecule has 8 nitrogen and oxygen atoms in total. The van der Waals surface area contributed by atoms with Gasteiger partial charge in [0, 0.05) is 48.8 Å². The van der Waals surface area contributed by atoms with Gasteiger partial charge in [-0.25, -0.2) is 0 Å². The smallest absolute Gasteiger partial charge is 0.269 e. The minimum atomic E-state index is -0.227. The van der Waals surface area contributed by atoms with Gasteiger partial charge < -0.3 is 14.6 Å². The van der Waals surface area contributed by atoms with E-state index in [-0.39, 0.29) is 23.5 Å².